The number of fused-ring (bicyclic) bond motifs is 1. The first-order valence-corrected chi connectivity index (χ1v) is 14.7. The van der Waals surface area contributed by atoms with Gasteiger partial charge in [0.05, 0.1) is 34.1 Å². The summed E-state index contributed by atoms with van der Waals surface area (Å²) in [5, 5.41) is 9.79. The lowest BCUT2D eigenvalue weighted by Crippen LogP contribution is -2.45. The van der Waals surface area contributed by atoms with Crippen LogP contribution in [0.3, 0.4) is 0 Å². The number of hydrogen-bond acceptors (Lipinski definition) is 9. The Morgan fingerprint density at radius 3 is 2.07 bits per heavy atom. The zero-order valence-corrected chi connectivity index (χ0v) is 25.4. The first kappa shape index (κ1) is 30.5. The third kappa shape index (κ3) is 4.72. The van der Waals surface area contributed by atoms with Gasteiger partial charge >= 0.3 is 6.16 Å². The molecule has 4 aromatic carbocycles. The minimum absolute atomic E-state index is 0.0156. The quantitative estimate of drug-likeness (QED) is 0.184. The summed E-state index contributed by atoms with van der Waals surface area (Å²) >= 11 is 6.50. The number of para-hydroxylation sites is 1. The van der Waals surface area contributed by atoms with Gasteiger partial charge in [0.15, 0.2) is 0 Å². The number of carbonyl (C=O) groups excluding carboxylic acids is 1. The van der Waals surface area contributed by atoms with Gasteiger partial charge < -0.3 is 28.8 Å². The second-order valence-corrected chi connectivity index (χ2v) is 11.6. The van der Waals surface area contributed by atoms with Gasteiger partial charge in [-0.2, -0.15) is 0 Å². The number of ether oxygens (including phenoxy) is 5. The van der Waals surface area contributed by atoms with Crippen molar-refractivity contribution in [3.63, 3.8) is 0 Å². The second-order valence-electron chi connectivity index (χ2n) is 9.43. The number of sulfonamides is 1. The molecule has 0 spiro atoms. The Kier molecular flexibility index (Phi) is 8.06. The molecular formula is C31H26ClNO10S. The van der Waals surface area contributed by atoms with Crippen LogP contribution >= 0.6 is 11.6 Å². The fraction of sp³-hybridized carbons (Fsp3) is 0.161. The van der Waals surface area contributed by atoms with Crippen LogP contribution in [-0.4, -0.2) is 54.0 Å². The van der Waals surface area contributed by atoms with Crippen molar-refractivity contribution in [1.29, 1.82) is 0 Å². The van der Waals surface area contributed by atoms with E-state index >= 15 is 4.79 Å². The molecule has 0 bridgehead atoms. The number of methoxy groups -OCH3 is 4. The summed E-state index contributed by atoms with van der Waals surface area (Å²) in [5.41, 5.74) is -1.82. The number of nitrogens with zero attached hydrogens (tertiary/aromatic N) is 1. The maximum Gasteiger partial charge on any atom is 0.511 e. The molecule has 0 radical (unpaired) electrons. The summed E-state index contributed by atoms with van der Waals surface area (Å²) in [7, 11) is 0.804. The number of amides is 1. The third-order valence-corrected chi connectivity index (χ3v) is 9.25. The molecule has 1 aliphatic rings. The van der Waals surface area contributed by atoms with Gasteiger partial charge in [-0.15, -0.1) is 0 Å². The van der Waals surface area contributed by atoms with E-state index in [0.29, 0.717) is 15.8 Å². The Morgan fingerprint density at radius 1 is 0.750 bits per heavy atom. The number of hydrogen-bond donors (Lipinski definition) is 1. The molecule has 5 rings (SSSR count). The Balaban J connectivity index is 1.94. The third-order valence-electron chi connectivity index (χ3n) is 7.27. The zero-order valence-electron chi connectivity index (χ0n) is 23.9. The minimum Gasteiger partial charge on any atom is -0.497 e. The van der Waals surface area contributed by atoms with E-state index in [1.54, 1.807) is 18.2 Å². The lowest BCUT2D eigenvalue weighted by molar-refractivity contribution is -0.119. The highest BCUT2D eigenvalue weighted by atomic mass is 35.5. The van der Waals surface area contributed by atoms with Crippen molar-refractivity contribution < 1.29 is 46.8 Å². The summed E-state index contributed by atoms with van der Waals surface area (Å²) in [6.45, 7) is 0. The number of halogens is 1. The van der Waals surface area contributed by atoms with Crippen molar-refractivity contribution in [3.8, 4) is 28.7 Å². The van der Waals surface area contributed by atoms with Gasteiger partial charge in [0.25, 0.3) is 15.9 Å². The van der Waals surface area contributed by atoms with E-state index < -0.39 is 27.5 Å². The topological polar surface area (TPSA) is 138 Å². The van der Waals surface area contributed by atoms with E-state index in [1.807, 2.05) is 0 Å². The van der Waals surface area contributed by atoms with Gasteiger partial charge in [-0.1, -0.05) is 29.8 Å². The summed E-state index contributed by atoms with van der Waals surface area (Å²) in [6, 6.07) is 19.0. The first-order valence-electron chi connectivity index (χ1n) is 12.9. The summed E-state index contributed by atoms with van der Waals surface area (Å²) in [5.74, 6) is -0.455. The van der Waals surface area contributed by atoms with Gasteiger partial charge in [-0.25, -0.2) is 17.5 Å². The first-order chi connectivity index (χ1) is 21.0. The number of carboxylic acid groups (broad SMARTS) is 1. The highest BCUT2D eigenvalue weighted by Crippen LogP contribution is 2.57. The minimum atomic E-state index is -4.71. The van der Waals surface area contributed by atoms with E-state index in [1.165, 1.54) is 89.1 Å². The molecule has 13 heteroatoms. The molecular weight excluding hydrogens is 614 g/mol. The molecule has 44 heavy (non-hydrogen) atoms. The Hall–Kier alpha value is -4.94. The highest BCUT2D eigenvalue weighted by molar-refractivity contribution is 7.93. The van der Waals surface area contributed by atoms with E-state index in [-0.39, 0.29) is 49.5 Å². The fourth-order valence-corrected chi connectivity index (χ4v) is 7.20. The Morgan fingerprint density at radius 2 is 1.41 bits per heavy atom. The van der Waals surface area contributed by atoms with Gasteiger partial charge in [0, 0.05) is 27.8 Å². The standard InChI is InChI=1S/C31H26ClNO10S/c1-39-19-10-13-25(41-3)23(16-19)31(21-7-5-6-8-26(21)43-30(35)36)22-15-18(32)9-12-24(22)33(29(31)34)44(37,38)28-14-11-20(40-2)17-27(28)42-4/h5-17H,1-4H3,(H,35,36). The van der Waals surface area contributed by atoms with E-state index in [0.717, 1.165) is 0 Å². The maximum atomic E-state index is 15.2. The molecule has 1 heterocycles. The average Bonchev–Trinajstić information content (AvgIpc) is 3.28. The largest absolute Gasteiger partial charge is 0.511 e. The van der Waals surface area contributed by atoms with Crippen LogP contribution in [0.4, 0.5) is 10.5 Å². The Bertz CT molecular complexity index is 1890. The number of carbonyl (C=O) groups is 2. The SMILES string of the molecule is COc1ccc(S(=O)(=O)N2C(=O)C(c3cc(OC)ccc3OC)(c3ccccc3OC(=O)O)c3cc(Cl)ccc32)c(OC)c1. The molecule has 1 amide bonds. The smallest absolute Gasteiger partial charge is 0.497 e. The van der Waals surface area contributed by atoms with E-state index in [9.17, 15) is 18.3 Å². The molecule has 1 atom stereocenters. The van der Waals surface area contributed by atoms with Crippen molar-refractivity contribution in [2.45, 2.75) is 10.3 Å². The molecule has 1 N–H and O–H groups in total. The lowest BCUT2D eigenvalue weighted by Gasteiger charge is -2.32. The highest BCUT2D eigenvalue weighted by Gasteiger charge is 2.59. The van der Waals surface area contributed by atoms with Gasteiger partial charge in [-0.3, -0.25) is 4.79 Å². The summed E-state index contributed by atoms with van der Waals surface area (Å²) < 4.78 is 56.6. The molecule has 0 fully saturated rings. The van der Waals surface area contributed by atoms with Crippen LogP contribution in [0.2, 0.25) is 5.02 Å². The molecule has 4 aromatic rings. The predicted octanol–water partition coefficient (Wildman–Crippen LogP) is 5.50. The molecule has 0 saturated carbocycles. The number of benzene rings is 4. The average molecular weight is 640 g/mol. The molecule has 228 valence electrons. The van der Waals surface area contributed by atoms with Crippen LogP contribution in [0.5, 0.6) is 28.7 Å². The van der Waals surface area contributed by atoms with Crippen LogP contribution < -0.4 is 28.0 Å². The molecule has 1 aliphatic heterocycles. The zero-order chi connectivity index (χ0) is 31.8. The number of rotatable bonds is 9. The molecule has 1 unspecified atom stereocenters. The van der Waals surface area contributed by atoms with Gasteiger partial charge in [-0.05, 0) is 54.6 Å². The van der Waals surface area contributed by atoms with Gasteiger partial charge in [0.2, 0.25) is 0 Å². The van der Waals surface area contributed by atoms with Crippen LogP contribution in [0.25, 0.3) is 0 Å². The van der Waals surface area contributed by atoms with Crippen molar-refractivity contribution in [2.24, 2.45) is 0 Å². The van der Waals surface area contributed by atoms with Gasteiger partial charge in [0.1, 0.15) is 39.1 Å². The van der Waals surface area contributed by atoms with Crippen LogP contribution in [0.1, 0.15) is 16.7 Å². The van der Waals surface area contributed by atoms with Crippen LogP contribution in [-0.2, 0) is 20.2 Å². The molecule has 0 aromatic heterocycles. The fourth-order valence-electron chi connectivity index (χ4n) is 5.42. The predicted molar refractivity (Wildman–Crippen MR) is 160 cm³/mol. The van der Waals surface area contributed by atoms with Crippen molar-refractivity contribution in [1.82, 2.24) is 0 Å². The maximum absolute atomic E-state index is 15.2. The normalized spacial score (nSPS) is 15.8. The molecule has 11 nitrogen and oxygen atoms in total. The molecule has 0 saturated heterocycles. The summed E-state index contributed by atoms with van der Waals surface area (Å²) in [4.78, 5) is 26.7. The lowest BCUT2D eigenvalue weighted by atomic mass is 9.69. The van der Waals surface area contributed by atoms with Crippen LogP contribution in [0, 0.1) is 0 Å². The number of anilines is 1. The van der Waals surface area contributed by atoms with E-state index in [4.69, 9.17) is 35.3 Å². The Labute approximate surface area is 258 Å². The van der Waals surface area contributed by atoms with Crippen LogP contribution in [0.15, 0.2) is 83.8 Å². The molecule has 0 aliphatic carbocycles. The van der Waals surface area contributed by atoms with Crippen molar-refractivity contribution >= 4 is 39.4 Å². The second kappa shape index (κ2) is 11.6. The van der Waals surface area contributed by atoms with E-state index in [2.05, 4.69) is 0 Å². The van der Waals surface area contributed by atoms with Crippen molar-refractivity contribution in [3.05, 3.63) is 101 Å². The van der Waals surface area contributed by atoms with Crippen molar-refractivity contribution in [2.75, 3.05) is 32.7 Å². The monoisotopic (exact) mass is 639 g/mol. The summed E-state index contributed by atoms with van der Waals surface area (Å²) in [6.07, 6.45) is -1.64.